The smallest absolute Gasteiger partial charge is 0.0798 e. The average Bonchev–Trinajstić information content (AvgIpc) is 2.83. The van der Waals surface area contributed by atoms with Crippen LogP contribution < -0.4 is 5.32 Å². The molecule has 0 aliphatic rings. The number of rotatable bonds is 5. The minimum Gasteiger partial charge on any atom is -0.303 e. The van der Waals surface area contributed by atoms with Gasteiger partial charge in [0.15, 0.2) is 0 Å². The predicted octanol–water partition coefficient (Wildman–Crippen LogP) is 4.25. The summed E-state index contributed by atoms with van der Waals surface area (Å²) in [5.74, 6) is 0. The van der Waals surface area contributed by atoms with Crippen LogP contribution in [-0.2, 0) is 0 Å². The zero-order valence-corrected chi connectivity index (χ0v) is 12.0. The molecular formula is C15H20N2S. The van der Waals surface area contributed by atoms with Crippen LogP contribution in [0.4, 0.5) is 0 Å². The first-order valence-corrected chi connectivity index (χ1v) is 7.31. The lowest BCUT2D eigenvalue weighted by Gasteiger charge is -2.22. The van der Waals surface area contributed by atoms with E-state index in [2.05, 4.69) is 61.4 Å². The van der Waals surface area contributed by atoms with Gasteiger partial charge in [-0.05, 0) is 25.8 Å². The Balaban J connectivity index is 2.10. The number of hydrogen-bond donors (Lipinski definition) is 1. The zero-order chi connectivity index (χ0) is 13.0. The van der Waals surface area contributed by atoms with Gasteiger partial charge in [0, 0.05) is 17.0 Å². The molecule has 0 bridgehead atoms. The fourth-order valence-electron chi connectivity index (χ4n) is 2.24. The van der Waals surface area contributed by atoms with Crippen LogP contribution >= 0.6 is 11.3 Å². The minimum absolute atomic E-state index is 0.350. The lowest BCUT2D eigenvalue weighted by atomic mass is 10.0. The van der Waals surface area contributed by atoms with E-state index in [4.69, 9.17) is 0 Å². The summed E-state index contributed by atoms with van der Waals surface area (Å²) in [6.45, 7) is 6.51. The van der Waals surface area contributed by atoms with E-state index in [1.165, 1.54) is 10.4 Å². The maximum atomic E-state index is 4.32. The van der Waals surface area contributed by atoms with Gasteiger partial charge in [-0.1, -0.05) is 37.3 Å². The summed E-state index contributed by atoms with van der Waals surface area (Å²) in [5, 5.41) is 3.70. The van der Waals surface area contributed by atoms with E-state index in [1.807, 2.05) is 5.51 Å². The summed E-state index contributed by atoms with van der Waals surface area (Å²) in [4.78, 5) is 5.66. The van der Waals surface area contributed by atoms with Gasteiger partial charge in [-0.15, -0.1) is 11.3 Å². The van der Waals surface area contributed by atoms with Crippen molar-refractivity contribution in [2.75, 3.05) is 0 Å². The summed E-state index contributed by atoms with van der Waals surface area (Å²) in [6.07, 6.45) is 1.09. The second-order valence-electron chi connectivity index (χ2n) is 4.56. The number of aryl methyl sites for hydroxylation is 1. The monoisotopic (exact) mass is 260 g/mol. The van der Waals surface area contributed by atoms with Gasteiger partial charge in [0.2, 0.25) is 0 Å². The molecule has 2 atom stereocenters. The van der Waals surface area contributed by atoms with Crippen LogP contribution in [0.1, 0.15) is 48.5 Å². The van der Waals surface area contributed by atoms with Gasteiger partial charge in [0.05, 0.1) is 11.2 Å². The van der Waals surface area contributed by atoms with Gasteiger partial charge in [-0.25, -0.2) is 4.98 Å². The molecular weight excluding hydrogens is 240 g/mol. The van der Waals surface area contributed by atoms with Crippen LogP contribution in [-0.4, -0.2) is 4.98 Å². The van der Waals surface area contributed by atoms with Gasteiger partial charge >= 0.3 is 0 Å². The molecule has 0 radical (unpaired) electrons. The van der Waals surface area contributed by atoms with Crippen LogP contribution in [0.15, 0.2) is 35.8 Å². The molecule has 1 N–H and O–H groups in total. The second-order valence-corrected chi connectivity index (χ2v) is 5.45. The Kier molecular flexibility index (Phi) is 4.50. The maximum Gasteiger partial charge on any atom is 0.0798 e. The molecule has 0 saturated heterocycles. The van der Waals surface area contributed by atoms with Crippen LogP contribution in [0.2, 0.25) is 0 Å². The molecule has 0 aliphatic carbocycles. The average molecular weight is 260 g/mol. The quantitative estimate of drug-likeness (QED) is 0.869. The van der Waals surface area contributed by atoms with Crippen molar-refractivity contribution in [2.24, 2.45) is 0 Å². The van der Waals surface area contributed by atoms with E-state index in [0.717, 1.165) is 12.1 Å². The van der Waals surface area contributed by atoms with Gasteiger partial charge in [0.1, 0.15) is 0 Å². The molecule has 18 heavy (non-hydrogen) atoms. The summed E-state index contributed by atoms with van der Waals surface area (Å²) < 4.78 is 0. The van der Waals surface area contributed by atoms with E-state index in [1.54, 1.807) is 11.3 Å². The highest BCUT2D eigenvalue weighted by atomic mass is 32.1. The van der Waals surface area contributed by atoms with Crippen molar-refractivity contribution in [3.63, 3.8) is 0 Å². The molecule has 2 unspecified atom stereocenters. The van der Waals surface area contributed by atoms with E-state index >= 15 is 0 Å². The van der Waals surface area contributed by atoms with Crippen LogP contribution in [0.3, 0.4) is 0 Å². The fraction of sp³-hybridized carbons (Fsp3) is 0.400. The Hall–Kier alpha value is -1.19. The second kappa shape index (κ2) is 6.12. The molecule has 0 aliphatic heterocycles. The molecule has 0 spiro atoms. The molecule has 2 aromatic rings. The van der Waals surface area contributed by atoms with Crippen molar-refractivity contribution in [2.45, 2.75) is 39.3 Å². The van der Waals surface area contributed by atoms with Crippen LogP contribution in [0, 0.1) is 6.92 Å². The molecule has 1 heterocycles. The van der Waals surface area contributed by atoms with Crippen molar-refractivity contribution >= 4 is 11.3 Å². The summed E-state index contributed by atoms with van der Waals surface area (Å²) in [5.41, 5.74) is 4.42. The third-order valence-electron chi connectivity index (χ3n) is 3.24. The third kappa shape index (κ3) is 2.98. The third-order valence-corrected chi connectivity index (χ3v) is 4.35. The predicted molar refractivity (Wildman–Crippen MR) is 77.9 cm³/mol. The number of aromatic nitrogens is 1. The van der Waals surface area contributed by atoms with E-state index in [0.29, 0.717) is 12.1 Å². The summed E-state index contributed by atoms with van der Waals surface area (Å²) in [6, 6.07) is 11.4. The molecule has 0 saturated carbocycles. The van der Waals surface area contributed by atoms with Gasteiger partial charge in [0.25, 0.3) is 0 Å². The topological polar surface area (TPSA) is 24.9 Å². The fourth-order valence-corrected chi connectivity index (χ4v) is 3.06. The Bertz CT molecular complexity index is 478. The first-order valence-electron chi connectivity index (χ1n) is 6.43. The molecule has 2 rings (SSSR count). The van der Waals surface area contributed by atoms with Crippen molar-refractivity contribution in [1.82, 2.24) is 10.3 Å². The normalized spacial score (nSPS) is 14.4. The lowest BCUT2D eigenvalue weighted by molar-refractivity contribution is 0.459. The van der Waals surface area contributed by atoms with Gasteiger partial charge in [-0.3, -0.25) is 0 Å². The minimum atomic E-state index is 0.350. The molecule has 2 nitrogen and oxygen atoms in total. The molecule has 0 amide bonds. The Morgan fingerprint density at radius 2 is 2.00 bits per heavy atom. The molecule has 96 valence electrons. The number of thiazole rings is 1. The highest BCUT2D eigenvalue weighted by Gasteiger charge is 2.16. The summed E-state index contributed by atoms with van der Waals surface area (Å²) in [7, 11) is 0. The van der Waals surface area contributed by atoms with E-state index in [9.17, 15) is 0 Å². The Morgan fingerprint density at radius 1 is 1.28 bits per heavy atom. The zero-order valence-electron chi connectivity index (χ0n) is 11.2. The number of nitrogens with one attached hydrogen (secondary N) is 1. The standard InChI is InChI=1S/C15H20N2S/c1-4-14(13-8-6-5-7-9-13)17-12(3)15-11(2)16-10-18-15/h5-10,12,14,17H,4H2,1-3H3. The van der Waals surface area contributed by atoms with E-state index in [-0.39, 0.29) is 0 Å². The van der Waals surface area contributed by atoms with Crippen LogP contribution in [0.5, 0.6) is 0 Å². The van der Waals surface area contributed by atoms with Crippen molar-refractivity contribution in [1.29, 1.82) is 0 Å². The van der Waals surface area contributed by atoms with Crippen molar-refractivity contribution in [3.8, 4) is 0 Å². The Morgan fingerprint density at radius 3 is 2.56 bits per heavy atom. The largest absolute Gasteiger partial charge is 0.303 e. The van der Waals surface area contributed by atoms with Crippen molar-refractivity contribution < 1.29 is 0 Å². The molecule has 0 fully saturated rings. The molecule has 1 aromatic heterocycles. The highest BCUT2D eigenvalue weighted by molar-refractivity contribution is 7.09. The number of hydrogen-bond acceptors (Lipinski definition) is 3. The first kappa shape index (κ1) is 13.2. The SMILES string of the molecule is CCC(NC(C)c1scnc1C)c1ccccc1. The highest BCUT2D eigenvalue weighted by Crippen LogP contribution is 2.25. The van der Waals surface area contributed by atoms with E-state index < -0.39 is 0 Å². The Labute approximate surface area is 113 Å². The molecule has 3 heteroatoms. The number of nitrogens with zero attached hydrogens (tertiary/aromatic N) is 1. The lowest BCUT2D eigenvalue weighted by Crippen LogP contribution is -2.24. The maximum absolute atomic E-state index is 4.32. The summed E-state index contributed by atoms with van der Waals surface area (Å²) >= 11 is 1.73. The first-order chi connectivity index (χ1) is 8.72. The van der Waals surface area contributed by atoms with Gasteiger partial charge in [-0.2, -0.15) is 0 Å². The van der Waals surface area contributed by atoms with Crippen LogP contribution in [0.25, 0.3) is 0 Å². The molecule has 1 aromatic carbocycles. The van der Waals surface area contributed by atoms with Gasteiger partial charge < -0.3 is 5.32 Å². The number of benzene rings is 1. The van der Waals surface area contributed by atoms with Crippen molar-refractivity contribution in [3.05, 3.63) is 52.0 Å².